The highest BCUT2D eigenvalue weighted by Gasteiger charge is 2.27. The largest absolute Gasteiger partial charge is 0.455 e. The van der Waals surface area contributed by atoms with Gasteiger partial charge >= 0.3 is 0 Å². The van der Waals surface area contributed by atoms with Crippen LogP contribution in [0, 0.1) is 0 Å². The molecule has 3 heteroatoms. The van der Waals surface area contributed by atoms with Crippen LogP contribution in [0.15, 0.2) is 241 Å². The first-order valence-electron chi connectivity index (χ1n) is 22.2. The SMILES string of the molecule is c1ccc(-c2ccc(-c3c(N(c4ccc(-c5cccc6c5sc5ccccc56)cc4)c4ccccc4-c4cccc5c4oc4ccccc45)c4ccccc4c4ccccc34)cc2)cc1. The zero-order valence-corrected chi connectivity index (χ0v) is 36.1. The van der Waals surface area contributed by atoms with Crippen molar-refractivity contribution in [1.82, 2.24) is 0 Å². The molecule has 0 amide bonds. The number of hydrogen-bond donors (Lipinski definition) is 0. The minimum absolute atomic E-state index is 0.882. The van der Waals surface area contributed by atoms with Gasteiger partial charge < -0.3 is 9.32 Å². The Bertz CT molecular complexity index is 3940. The van der Waals surface area contributed by atoms with Crippen molar-refractivity contribution in [2.75, 3.05) is 4.90 Å². The predicted molar refractivity (Wildman–Crippen MR) is 278 cm³/mol. The quantitative estimate of drug-likeness (QED) is 0.149. The summed E-state index contributed by atoms with van der Waals surface area (Å²) in [5.41, 5.74) is 14.3. The van der Waals surface area contributed by atoms with Crippen molar-refractivity contribution < 1.29 is 4.42 Å². The number of hydrogen-bond acceptors (Lipinski definition) is 3. The predicted octanol–water partition coefficient (Wildman–Crippen LogP) is 18.4. The van der Waals surface area contributed by atoms with Gasteiger partial charge in [0.05, 0.1) is 11.4 Å². The third-order valence-corrected chi connectivity index (χ3v) is 14.3. The van der Waals surface area contributed by atoms with Crippen LogP contribution in [0.2, 0.25) is 0 Å². The molecule has 11 aromatic carbocycles. The molecular weight excluding hydrogens is 807 g/mol. The molecule has 0 radical (unpaired) electrons. The number of anilines is 3. The fourth-order valence-electron chi connectivity index (χ4n) is 10.1. The molecule has 2 heterocycles. The highest BCUT2D eigenvalue weighted by atomic mass is 32.1. The van der Waals surface area contributed by atoms with Crippen LogP contribution in [0.1, 0.15) is 0 Å². The van der Waals surface area contributed by atoms with Crippen molar-refractivity contribution in [1.29, 1.82) is 0 Å². The lowest BCUT2D eigenvalue weighted by molar-refractivity contribution is 0.670. The first kappa shape index (κ1) is 37.3. The van der Waals surface area contributed by atoms with Gasteiger partial charge in [0.1, 0.15) is 11.2 Å². The van der Waals surface area contributed by atoms with Crippen LogP contribution in [0.4, 0.5) is 17.1 Å². The Morgan fingerprint density at radius 2 is 0.862 bits per heavy atom. The molecule has 0 bridgehead atoms. The summed E-state index contributed by atoms with van der Waals surface area (Å²) < 4.78 is 9.37. The third-order valence-electron chi connectivity index (χ3n) is 13.1. The third kappa shape index (κ3) is 6.08. The molecular formula is C62H39NOS. The smallest absolute Gasteiger partial charge is 0.143 e. The van der Waals surface area contributed by atoms with E-state index >= 15 is 0 Å². The van der Waals surface area contributed by atoms with Crippen LogP contribution in [0.25, 0.3) is 108 Å². The van der Waals surface area contributed by atoms with Crippen LogP contribution in [0.5, 0.6) is 0 Å². The molecule has 13 aromatic rings. The Labute approximate surface area is 380 Å². The van der Waals surface area contributed by atoms with E-state index in [9.17, 15) is 0 Å². The summed E-state index contributed by atoms with van der Waals surface area (Å²) in [5, 5.41) is 9.62. The number of benzene rings is 11. The van der Waals surface area contributed by atoms with E-state index in [0.717, 1.165) is 55.7 Å². The molecule has 13 rings (SSSR count). The zero-order chi connectivity index (χ0) is 42.8. The molecule has 0 unspecified atom stereocenters. The number of furan rings is 1. The molecule has 2 nitrogen and oxygen atoms in total. The molecule has 0 spiro atoms. The van der Waals surface area contributed by atoms with Crippen molar-refractivity contribution >= 4 is 92.1 Å². The van der Waals surface area contributed by atoms with E-state index in [2.05, 4.69) is 235 Å². The lowest BCUT2D eigenvalue weighted by atomic mass is 9.89. The molecule has 0 fully saturated rings. The molecule has 0 atom stereocenters. The first-order valence-corrected chi connectivity index (χ1v) is 23.0. The van der Waals surface area contributed by atoms with Gasteiger partial charge in [0, 0.05) is 58.7 Å². The fourth-order valence-corrected chi connectivity index (χ4v) is 11.4. The lowest BCUT2D eigenvalue weighted by Gasteiger charge is -2.32. The van der Waals surface area contributed by atoms with Crippen LogP contribution in [0.3, 0.4) is 0 Å². The summed E-state index contributed by atoms with van der Waals surface area (Å²) in [6.07, 6.45) is 0. The number of rotatable bonds is 7. The molecule has 0 N–H and O–H groups in total. The Kier molecular flexibility index (Phi) is 8.75. The number of fused-ring (bicyclic) bond motifs is 9. The normalized spacial score (nSPS) is 11.7. The van der Waals surface area contributed by atoms with Crippen molar-refractivity contribution in [2.24, 2.45) is 0 Å². The summed E-state index contributed by atoms with van der Waals surface area (Å²) >= 11 is 1.87. The van der Waals surface area contributed by atoms with E-state index < -0.39 is 0 Å². The first-order chi connectivity index (χ1) is 32.3. The van der Waals surface area contributed by atoms with Crippen molar-refractivity contribution in [3.05, 3.63) is 237 Å². The Morgan fingerprint density at radius 3 is 1.66 bits per heavy atom. The minimum atomic E-state index is 0.882. The van der Waals surface area contributed by atoms with E-state index in [4.69, 9.17) is 4.42 Å². The zero-order valence-electron chi connectivity index (χ0n) is 35.3. The van der Waals surface area contributed by atoms with Crippen molar-refractivity contribution in [3.8, 4) is 44.5 Å². The molecule has 304 valence electrons. The Balaban J connectivity index is 1.10. The maximum absolute atomic E-state index is 6.76. The number of nitrogens with zero attached hydrogens (tertiary/aromatic N) is 1. The monoisotopic (exact) mass is 845 g/mol. The van der Waals surface area contributed by atoms with Gasteiger partial charge in [-0.05, 0) is 74.3 Å². The molecule has 0 saturated heterocycles. The van der Waals surface area contributed by atoms with E-state index in [1.807, 2.05) is 17.4 Å². The van der Waals surface area contributed by atoms with Crippen LogP contribution in [-0.4, -0.2) is 0 Å². The van der Waals surface area contributed by atoms with Gasteiger partial charge in [0.15, 0.2) is 0 Å². The van der Waals surface area contributed by atoms with E-state index in [1.165, 1.54) is 69.5 Å². The summed E-state index contributed by atoms with van der Waals surface area (Å²) in [5.74, 6) is 0. The fraction of sp³-hybridized carbons (Fsp3) is 0. The summed E-state index contributed by atoms with van der Waals surface area (Å²) in [6.45, 7) is 0. The van der Waals surface area contributed by atoms with E-state index in [-0.39, 0.29) is 0 Å². The molecule has 0 saturated carbocycles. The molecule has 65 heavy (non-hydrogen) atoms. The van der Waals surface area contributed by atoms with Crippen molar-refractivity contribution in [2.45, 2.75) is 0 Å². The van der Waals surface area contributed by atoms with Crippen LogP contribution >= 0.6 is 11.3 Å². The number of thiophene rings is 1. The maximum Gasteiger partial charge on any atom is 0.143 e. The second kappa shape index (κ2) is 15.2. The lowest BCUT2D eigenvalue weighted by Crippen LogP contribution is -2.13. The molecule has 0 aliphatic rings. The summed E-state index contributed by atoms with van der Waals surface area (Å²) in [6, 6.07) is 86.0. The van der Waals surface area contributed by atoms with Crippen LogP contribution < -0.4 is 4.90 Å². The maximum atomic E-state index is 6.76. The minimum Gasteiger partial charge on any atom is -0.455 e. The second-order valence-corrected chi connectivity index (χ2v) is 17.8. The van der Waals surface area contributed by atoms with Crippen LogP contribution in [-0.2, 0) is 0 Å². The highest BCUT2D eigenvalue weighted by molar-refractivity contribution is 7.26. The average Bonchev–Trinajstić information content (AvgIpc) is 3.96. The van der Waals surface area contributed by atoms with Gasteiger partial charge in [-0.15, -0.1) is 11.3 Å². The average molecular weight is 846 g/mol. The van der Waals surface area contributed by atoms with Gasteiger partial charge in [-0.1, -0.05) is 206 Å². The molecule has 0 aliphatic heterocycles. The summed E-state index contributed by atoms with van der Waals surface area (Å²) in [4.78, 5) is 2.51. The van der Waals surface area contributed by atoms with Gasteiger partial charge in [-0.3, -0.25) is 0 Å². The van der Waals surface area contributed by atoms with Crippen molar-refractivity contribution in [3.63, 3.8) is 0 Å². The van der Waals surface area contributed by atoms with Gasteiger partial charge in [0.2, 0.25) is 0 Å². The van der Waals surface area contributed by atoms with E-state index in [1.54, 1.807) is 0 Å². The van der Waals surface area contributed by atoms with E-state index in [0.29, 0.717) is 0 Å². The topological polar surface area (TPSA) is 16.4 Å². The summed E-state index contributed by atoms with van der Waals surface area (Å²) in [7, 11) is 0. The Hall–Kier alpha value is -8.24. The van der Waals surface area contributed by atoms with Gasteiger partial charge in [-0.2, -0.15) is 0 Å². The molecule has 0 aliphatic carbocycles. The Morgan fingerprint density at radius 1 is 0.323 bits per heavy atom. The number of para-hydroxylation sites is 3. The highest BCUT2D eigenvalue weighted by Crippen LogP contribution is 2.52. The molecule has 2 aromatic heterocycles. The second-order valence-electron chi connectivity index (χ2n) is 16.7. The standard InChI is InChI=1S/C62H39NOS/c1-2-16-40(17-3-1)41-32-34-43(35-33-41)59-51-23-6-4-18-46(51)47-19-5-7-24-52(47)60(59)63(44-38-36-42(37-39-44)45-25-14-28-55-50-22-10-13-31-58(50)65-62(45)55)56-29-11-8-20-48(56)53-26-15-27-54-49-21-9-12-30-57(49)64-61(53)54/h1-39H. The van der Waals surface area contributed by atoms with Gasteiger partial charge in [0.25, 0.3) is 0 Å². The van der Waals surface area contributed by atoms with Gasteiger partial charge in [-0.25, -0.2) is 0 Å².